The van der Waals surface area contributed by atoms with Crippen LogP contribution in [-0.2, 0) is 0 Å². The first-order valence-electron chi connectivity index (χ1n) is 4.54. The number of aliphatic hydroxyl groups is 1. The van der Waals surface area contributed by atoms with E-state index in [4.69, 9.17) is 16.7 Å². The van der Waals surface area contributed by atoms with Crippen molar-refractivity contribution >= 4 is 17.4 Å². The third-order valence-electron chi connectivity index (χ3n) is 2.00. The van der Waals surface area contributed by atoms with Gasteiger partial charge in [-0.2, -0.15) is 0 Å². The summed E-state index contributed by atoms with van der Waals surface area (Å²) in [5.74, 6) is 0.686. The predicted octanol–water partition coefficient (Wildman–Crippen LogP) is 1.62. The molecule has 4 nitrogen and oxygen atoms in total. The van der Waals surface area contributed by atoms with Crippen LogP contribution in [0.1, 0.15) is 18.9 Å². The van der Waals surface area contributed by atoms with E-state index in [1.54, 1.807) is 6.20 Å². The van der Waals surface area contributed by atoms with Crippen LogP contribution in [-0.4, -0.2) is 27.7 Å². The molecule has 1 rings (SSSR count). The molecule has 1 unspecified atom stereocenters. The molecule has 0 saturated heterocycles. The zero-order valence-electron chi connectivity index (χ0n) is 8.29. The Morgan fingerprint density at radius 3 is 2.93 bits per heavy atom. The number of nitrogens with one attached hydrogen (secondary N) is 1. The van der Waals surface area contributed by atoms with Crippen molar-refractivity contribution in [1.29, 1.82) is 0 Å². The zero-order valence-corrected chi connectivity index (χ0v) is 9.04. The number of hydrogen-bond acceptors (Lipinski definition) is 4. The van der Waals surface area contributed by atoms with Gasteiger partial charge < -0.3 is 10.4 Å². The molecular weight excluding hydrogens is 202 g/mol. The standard InChI is InChI=1S/C9H14ClN3O/c1-3-7(5-14)12-8-6(2)4-11-9(10)13-8/h4,7,14H,3,5H2,1-2H3,(H,11,12,13). The van der Waals surface area contributed by atoms with Crippen LogP contribution in [0.25, 0.3) is 0 Å². The van der Waals surface area contributed by atoms with E-state index in [0.717, 1.165) is 12.0 Å². The summed E-state index contributed by atoms with van der Waals surface area (Å²) in [6.45, 7) is 3.96. The second-order valence-electron chi connectivity index (χ2n) is 3.10. The molecule has 0 fully saturated rings. The fraction of sp³-hybridized carbons (Fsp3) is 0.556. The highest BCUT2D eigenvalue weighted by Crippen LogP contribution is 2.14. The lowest BCUT2D eigenvalue weighted by Gasteiger charge is -2.15. The van der Waals surface area contributed by atoms with Gasteiger partial charge in [0, 0.05) is 11.8 Å². The fourth-order valence-electron chi connectivity index (χ4n) is 1.04. The summed E-state index contributed by atoms with van der Waals surface area (Å²) in [7, 11) is 0. The molecule has 14 heavy (non-hydrogen) atoms. The first kappa shape index (κ1) is 11.2. The second-order valence-corrected chi connectivity index (χ2v) is 3.44. The van der Waals surface area contributed by atoms with E-state index in [9.17, 15) is 0 Å². The maximum atomic E-state index is 9.01. The molecule has 0 aromatic carbocycles. The van der Waals surface area contributed by atoms with Crippen LogP contribution in [0, 0.1) is 6.92 Å². The largest absolute Gasteiger partial charge is 0.394 e. The number of aliphatic hydroxyl groups excluding tert-OH is 1. The number of anilines is 1. The maximum absolute atomic E-state index is 9.01. The summed E-state index contributed by atoms with van der Waals surface area (Å²) in [5, 5.41) is 12.3. The monoisotopic (exact) mass is 215 g/mol. The molecule has 0 bridgehead atoms. The molecule has 1 aromatic heterocycles. The van der Waals surface area contributed by atoms with Crippen molar-refractivity contribution < 1.29 is 5.11 Å². The normalized spacial score (nSPS) is 12.6. The molecule has 0 saturated carbocycles. The van der Waals surface area contributed by atoms with Crippen LogP contribution >= 0.6 is 11.6 Å². The first-order chi connectivity index (χ1) is 6.67. The minimum absolute atomic E-state index is 0.0136. The van der Waals surface area contributed by atoms with E-state index in [-0.39, 0.29) is 17.9 Å². The van der Waals surface area contributed by atoms with E-state index in [2.05, 4.69) is 15.3 Å². The molecule has 0 aliphatic carbocycles. The van der Waals surface area contributed by atoms with Gasteiger partial charge >= 0.3 is 0 Å². The van der Waals surface area contributed by atoms with Gasteiger partial charge in [0.05, 0.1) is 12.6 Å². The highest BCUT2D eigenvalue weighted by molar-refractivity contribution is 6.28. The van der Waals surface area contributed by atoms with Crippen molar-refractivity contribution in [2.75, 3.05) is 11.9 Å². The average Bonchev–Trinajstić information content (AvgIpc) is 2.19. The third-order valence-corrected chi connectivity index (χ3v) is 2.18. The lowest BCUT2D eigenvalue weighted by atomic mass is 10.2. The Balaban J connectivity index is 2.79. The van der Waals surface area contributed by atoms with Gasteiger partial charge in [-0.3, -0.25) is 0 Å². The van der Waals surface area contributed by atoms with Gasteiger partial charge in [-0.05, 0) is 24.9 Å². The Morgan fingerprint density at radius 2 is 2.36 bits per heavy atom. The van der Waals surface area contributed by atoms with Crippen LogP contribution in [0.5, 0.6) is 0 Å². The molecule has 0 aliphatic rings. The lowest BCUT2D eigenvalue weighted by molar-refractivity contribution is 0.271. The minimum Gasteiger partial charge on any atom is -0.394 e. The number of aryl methyl sites for hydroxylation is 1. The van der Waals surface area contributed by atoms with Crippen LogP contribution < -0.4 is 5.32 Å². The number of hydrogen-bond donors (Lipinski definition) is 2. The summed E-state index contributed by atoms with van der Waals surface area (Å²) in [6, 6.07) is 0.0136. The molecule has 2 N–H and O–H groups in total. The number of nitrogens with zero attached hydrogens (tertiary/aromatic N) is 2. The number of rotatable bonds is 4. The van der Waals surface area contributed by atoms with E-state index < -0.39 is 0 Å². The van der Waals surface area contributed by atoms with Crippen molar-refractivity contribution in [2.24, 2.45) is 0 Å². The van der Waals surface area contributed by atoms with Crippen LogP contribution in [0.4, 0.5) is 5.82 Å². The van der Waals surface area contributed by atoms with Crippen molar-refractivity contribution in [2.45, 2.75) is 26.3 Å². The molecule has 0 amide bonds. The number of halogens is 1. The molecule has 1 aromatic rings. The Morgan fingerprint density at radius 1 is 1.64 bits per heavy atom. The van der Waals surface area contributed by atoms with Gasteiger partial charge in [0.2, 0.25) is 5.28 Å². The highest BCUT2D eigenvalue weighted by atomic mass is 35.5. The van der Waals surface area contributed by atoms with Gasteiger partial charge in [-0.15, -0.1) is 0 Å². The molecule has 0 radical (unpaired) electrons. The van der Waals surface area contributed by atoms with Gasteiger partial charge in [0.25, 0.3) is 0 Å². The molecule has 0 aliphatic heterocycles. The van der Waals surface area contributed by atoms with Gasteiger partial charge in [-0.25, -0.2) is 9.97 Å². The molecule has 5 heteroatoms. The van der Waals surface area contributed by atoms with E-state index in [0.29, 0.717) is 5.82 Å². The molecule has 78 valence electrons. The average molecular weight is 216 g/mol. The zero-order chi connectivity index (χ0) is 10.6. The summed E-state index contributed by atoms with van der Waals surface area (Å²) in [6.07, 6.45) is 2.49. The van der Waals surface area contributed by atoms with Crippen LogP contribution in [0.3, 0.4) is 0 Å². The minimum atomic E-state index is 0.0136. The fourth-order valence-corrected chi connectivity index (χ4v) is 1.17. The maximum Gasteiger partial charge on any atom is 0.224 e. The van der Waals surface area contributed by atoms with E-state index in [1.807, 2.05) is 13.8 Å². The van der Waals surface area contributed by atoms with Crippen molar-refractivity contribution in [3.8, 4) is 0 Å². The molecule has 1 atom stereocenters. The first-order valence-corrected chi connectivity index (χ1v) is 4.91. The van der Waals surface area contributed by atoms with Crippen molar-refractivity contribution in [3.63, 3.8) is 0 Å². The second kappa shape index (κ2) is 5.12. The molecule has 0 spiro atoms. The van der Waals surface area contributed by atoms with Gasteiger partial charge in [-0.1, -0.05) is 6.92 Å². The summed E-state index contributed by atoms with van der Waals surface area (Å²) in [4.78, 5) is 7.89. The van der Waals surface area contributed by atoms with E-state index >= 15 is 0 Å². The summed E-state index contributed by atoms with van der Waals surface area (Å²) >= 11 is 5.66. The SMILES string of the molecule is CCC(CO)Nc1nc(Cl)ncc1C. The Labute approximate surface area is 88.3 Å². The van der Waals surface area contributed by atoms with Crippen molar-refractivity contribution in [1.82, 2.24) is 9.97 Å². The van der Waals surface area contributed by atoms with Crippen LogP contribution in [0.15, 0.2) is 6.20 Å². The highest BCUT2D eigenvalue weighted by Gasteiger charge is 2.08. The lowest BCUT2D eigenvalue weighted by Crippen LogP contribution is -2.23. The Bertz CT molecular complexity index is 302. The van der Waals surface area contributed by atoms with E-state index in [1.165, 1.54) is 0 Å². The quantitative estimate of drug-likeness (QED) is 0.750. The predicted molar refractivity (Wildman–Crippen MR) is 56.6 cm³/mol. The van der Waals surface area contributed by atoms with Crippen LogP contribution in [0.2, 0.25) is 5.28 Å². The van der Waals surface area contributed by atoms with Crippen molar-refractivity contribution in [3.05, 3.63) is 17.0 Å². The van der Waals surface area contributed by atoms with Gasteiger partial charge in [0.15, 0.2) is 0 Å². The summed E-state index contributed by atoms with van der Waals surface area (Å²) in [5.41, 5.74) is 0.918. The smallest absolute Gasteiger partial charge is 0.224 e. The Kier molecular flexibility index (Phi) is 4.10. The topological polar surface area (TPSA) is 58.0 Å². The third kappa shape index (κ3) is 2.82. The summed E-state index contributed by atoms with van der Waals surface area (Å²) < 4.78 is 0. The molecule has 1 heterocycles. The number of aromatic nitrogens is 2. The Hall–Kier alpha value is -0.870. The van der Waals surface area contributed by atoms with Gasteiger partial charge in [0.1, 0.15) is 5.82 Å². The molecular formula is C9H14ClN3O.